The third-order valence-corrected chi connectivity index (χ3v) is 5.94. The number of rotatable bonds is 3. The quantitative estimate of drug-likeness (QED) is 0.360. The standard InChI is InChI=1S/C21H14Cl2F6N4O/c22-12-7-6-11(20(24,25)26)8-14(12)31-19(34)17-16(23)18-30-13(10-4-2-1-3-5-10)9-15(21(27,28)29)33(18)32-17/h1-8,13,15,30H,9H2,(H,31,34)/t13-,15-/m0/s1. The molecular weight excluding hydrogens is 509 g/mol. The molecule has 1 aromatic heterocycles. The molecule has 13 heteroatoms. The van der Waals surface area contributed by atoms with Gasteiger partial charge in [-0.15, -0.1) is 0 Å². The first-order chi connectivity index (χ1) is 15.9. The van der Waals surface area contributed by atoms with Gasteiger partial charge in [0.15, 0.2) is 11.7 Å². The van der Waals surface area contributed by atoms with E-state index >= 15 is 0 Å². The fourth-order valence-corrected chi connectivity index (χ4v) is 4.05. The van der Waals surface area contributed by atoms with E-state index < -0.39 is 58.7 Å². The van der Waals surface area contributed by atoms with E-state index in [2.05, 4.69) is 15.7 Å². The zero-order chi connectivity index (χ0) is 24.8. The monoisotopic (exact) mass is 522 g/mol. The van der Waals surface area contributed by atoms with Crippen molar-refractivity contribution in [3.05, 3.63) is 75.4 Å². The Hall–Kier alpha value is -2.92. The van der Waals surface area contributed by atoms with E-state index in [9.17, 15) is 31.1 Å². The Balaban J connectivity index is 1.70. The predicted octanol–water partition coefficient (Wildman–Crippen LogP) is 7.12. The molecule has 2 N–H and O–H groups in total. The second-order valence-corrected chi connectivity index (χ2v) is 8.29. The predicted molar refractivity (Wildman–Crippen MR) is 114 cm³/mol. The Kier molecular flexibility index (Phi) is 6.19. The lowest BCUT2D eigenvalue weighted by Gasteiger charge is -2.33. The van der Waals surface area contributed by atoms with E-state index in [0.29, 0.717) is 16.3 Å². The van der Waals surface area contributed by atoms with Gasteiger partial charge in [0.25, 0.3) is 5.91 Å². The number of hydrogen-bond acceptors (Lipinski definition) is 3. The van der Waals surface area contributed by atoms with Gasteiger partial charge in [-0.05, 0) is 23.8 Å². The highest BCUT2D eigenvalue weighted by atomic mass is 35.5. The van der Waals surface area contributed by atoms with E-state index in [0.717, 1.165) is 12.1 Å². The maximum Gasteiger partial charge on any atom is 0.416 e. The van der Waals surface area contributed by atoms with Crippen LogP contribution in [0.25, 0.3) is 0 Å². The number of hydrogen-bond donors (Lipinski definition) is 2. The molecule has 2 atom stereocenters. The number of amides is 1. The van der Waals surface area contributed by atoms with Gasteiger partial charge >= 0.3 is 12.4 Å². The third-order valence-electron chi connectivity index (χ3n) is 5.25. The number of carbonyl (C=O) groups excluding carboxylic acids is 1. The number of carbonyl (C=O) groups is 1. The van der Waals surface area contributed by atoms with Crippen molar-refractivity contribution in [2.24, 2.45) is 0 Å². The van der Waals surface area contributed by atoms with Crippen molar-refractivity contribution in [1.29, 1.82) is 0 Å². The third kappa shape index (κ3) is 4.67. The zero-order valence-electron chi connectivity index (χ0n) is 16.8. The first-order valence-electron chi connectivity index (χ1n) is 9.70. The lowest BCUT2D eigenvalue weighted by Crippen LogP contribution is -2.35. The van der Waals surface area contributed by atoms with Crippen LogP contribution in [0.3, 0.4) is 0 Å². The summed E-state index contributed by atoms with van der Waals surface area (Å²) in [6.45, 7) is 0. The molecule has 0 spiro atoms. The van der Waals surface area contributed by atoms with E-state index in [1.54, 1.807) is 30.3 Å². The normalized spacial score (nSPS) is 18.2. The smallest absolute Gasteiger partial charge is 0.362 e. The van der Waals surface area contributed by atoms with Gasteiger partial charge in [0.1, 0.15) is 10.8 Å². The molecular formula is C21H14Cl2F6N4O. The molecule has 0 saturated heterocycles. The van der Waals surface area contributed by atoms with Crippen LogP contribution in [0.15, 0.2) is 48.5 Å². The lowest BCUT2D eigenvalue weighted by atomic mass is 9.97. The number of halogens is 8. The average molecular weight is 523 g/mol. The number of benzene rings is 2. The Bertz CT molecular complexity index is 1230. The minimum atomic E-state index is -4.71. The summed E-state index contributed by atoms with van der Waals surface area (Å²) in [5.41, 5.74) is -1.50. The molecule has 0 saturated carbocycles. The largest absolute Gasteiger partial charge is 0.416 e. The summed E-state index contributed by atoms with van der Waals surface area (Å²) < 4.78 is 81.1. The van der Waals surface area contributed by atoms with E-state index in [4.69, 9.17) is 23.2 Å². The molecule has 0 radical (unpaired) electrons. The van der Waals surface area contributed by atoms with Crippen molar-refractivity contribution in [2.45, 2.75) is 30.9 Å². The highest BCUT2D eigenvalue weighted by molar-refractivity contribution is 6.37. The summed E-state index contributed by atoms with van der Waals surface area (Å²) in [6, 6.07) is 7.75. The minimum Gasteiger partial charge on any atom is -0.362 e. The Morgan fingerprint density at radius 2 is 1.74 bits per heavy atom. The van der Waals surface area contributed by atoms with Gasteiger partial charge in [-0.2, -0.15) is 31.4 Å². The van der Waals surface area contributed by atoms with Crippen LogP contribution in [0.5, 0.6) is 0 Å². The highest BCUT2D eigenvalue weighted by Gasteiger charge is 2.48. The van der Waals surface area contributed by atoms with E-state index in [1.807, 2.05) is 0 Å². The Morgan fingerprint density at radius 1 is 1.06 bits per heavy atom. The van der Waals surface area contributed by atoms with Crippen LogP contribution in [0.1, 0.15) is 40.1 Å². The van der Waals surface area contributed by atoms with Crippen molar-refractivity contribution in [3.8, 4) is 0 Å². The molecule has 1 aliphatic heterocycles. The van der Waals surface area contributed by atoms with Gasteiger partial charge in [-0.25, -0.2) is 4.68 Å². The highest BCUT2D eigenvalue weighted by Crippen LogP contribution is 2.46. The summed E-state index contributed by atoms with van der Waals surface area (Å²) in [7, 11) is 0. The number of nitrogens with zero attached hydrogens (tertiary/aromatic N) is 2. The molecule has 34 heavy (non-hydrogen) atoms. The number of alkyl halides is 6. The number of aromatic nitrogens is 2. The molecule has 2 heterocycles. The van der Waals surface area contributed by atoms with Crippen LogP contribution < -0.4 is 10.6 Å². The molecule has 2 aromatic carbocycles. The second-order valence-electron chi connectivity index (χ2n) is 7.50. The van der Waals surface area contributed by atoms with Crippen LogP contribution in [0.2, 0.25) is 10.0 Å². The molecule has 5 nitrogen and oxygen atoms in total. The van der Waals surface area contributed by atoms with Gasteiger partial charge in [0, 0.05) is 6.42 Å². The van der Waals surface area contributed by atoms with Gasteiger partial charge in [0.05, 0.1) is 22.3 Å². The Labute approximate surface area is 198 Å². The zero-order valence-corrected chi connectivity index (χ0v) is 18.3. The molecule has 0 bridgehead atoms. The van der Waals surface area contributed by atoms with Gasteiger partial charge in [-0.1, -0.05) is 53.5 Å². The summed E-state index contributed by atoms with van der Waals surface area (Å²) in [4.78, 5) is 12.8. The summed E-state index contributed by atoms with van der Waals surface area (Å²) in [6.07, 6.45) is -9.83. The van der Waals surface area contributed by atoms with Crippen molar-refractivity contribution in [2.75, 3.05) is 10.6 Å². The summed E-state index contributed by atoms with van der Waals surface area (Å²) in [5.74, 6) is -1.35. The molecule has 180 valence electrons. The molecule has 3 aromatic rings. The van der Waals surface area contributed by atoms with E-state index in [-0.39, 0.29) is 10.8 Å². The maximum atomic E-state index is 13.9. The minimum absolute atomic E-state index is 0.211. The van der Waals surface area contributed by atoms with Crippen LogP contribution in [-0.4, -0.2) is 21.9 Å². The molecule has 0 aliphatic carbocycles. The van der Waals surface area contributed by atoms with Gasteiger partial charge in [0.2, 0.25) is 0 Å². The molecule has 1 aliphatic rings. The van der Waals surface area contributed by atoms with Crippen LogP contribution in [-0.2, 0) is 6.18 Å². The summed E-state index contributed by atoms with van der Waals surface area (Å²) >= 11 is 12.1. The molecule has 1 amide bonds. The van der Waals surface area contributed by atoms with Crippen molar-refractivity contribution >= 4 is 40.6 Å². The molecule has 4 rings (SSSR count). The maximum absolute atomic E-state index is 13.9. The Morgan fingerprint density at radius 3 is 2.35 bits per heavy atom. The van der Waals surface area contributed by atoms with Crippen LogP contribution in [0.4, 0.5) is 37.8 Å². The SMILES string of the molecule is O=C(Nc1cc(C(F)(F)F)ccc1Cl)c1nn2c(c1Cl)N[C@H](c1ccccc1)C[C@H]2C(F)(F)F. The van der Waals surface area contributed by atoms with Gasteiger partial charge in [-0.3, -0.25) is 4.79 Å². The van der Waals surface area contributed by atoms with Crippen LogP contribution >= 0.6 is 23.2 Å². The topological polar surface area (TPSA) is 59.0 Å². The lowest BCUT2D eigenvalue weighted by molar-refractivity contribution is -0.173. The number of fused-ring (bicyclic) bond motifs is 1. The van der Waals surface area contributed by atoms with Crippen molar-refractivity contribution < 1.29 is 31.1 Å². The first-order valence-corrected chi connectivity index (χ1v) is 10.5. The number of nitrogens with one attached hydrogen (secondary N) is 2. The first kappa shape index (κ1) is 24.2. The summed E-state index contributed by atoms with van der Waals surface area (Å²) in [5, 5.41) is 8.15. The molecule has 0 unspecified atom stereocenters. The van der Waals surface area contributed by atoms with Crippen LogP contribution in [0, 0.1) is 0 Å². The van der Waals surface area contributed by atoms with E-state index in [1.165, 1.54) is 0 Å². The average Bonchev–Trinajstić information content (AvgIpc) is 3.10. The van der Waals surface area contributed by atoms with Crippen molar-refractivity contribution in [1.82, 2.24) is 9.78 Å². The fraction of sp³-hybridized carbons (Fsp3) is 0.238. The van der Waals surface area contributed by atoms with Gasteiger partial charge < -0.3 is 10.6 Å². The fourth-order valence-electron chi connectivity index (χ4n) is 3.62. The van der Waals surface area contributed by atoms with Crippen molar-refractivity contribution in [3.63, 3.8) is 0 Å². The molecule has 0 fully saturated rings. The second kappa shape index (κ2) is 8.70. The number of anilines is 2.